The lowest BCUT2D eigenvalue weighted by molar-refractivity contribution is -0.0257. The average molecular weight is 285 g/mol. The van der Waals surface area contributed by atoms with Crippen LogP contribution in [0, 0.1) is 6.92 Å². The third-order valence-electron chi connectivity index (χ3n) is 2.57. The molecule has 1 aromatic rings. The SMILES string of the molecule is COCC(C)OCC(O)CSc1ccc(C)cc1N. The quantitative estimate of drug-likeness (QED) is 0.565. The maximum Gasteiger partial charge on any atom is 0.0867 e. The number of thioether (sulfide) groups is 1. The summed E-state index contributed by atoms with van der Waals surface area (Å²) in [5.41, 5.74) is 7.81. The Balaban J connectivity index is 2.31. The molecule has 5 heteroatoms. The molecule has 1 aromatic carbocycles. The summed E-state index contributed by atoms with van der Waals surface area (Å²) in [6.45, 7) is 4.76. The first-order valence-corrected chi connectivity index (χ1v) is 7.29. The molecule has 0 aromatic heterocycles. The fourth-order valence-electron chi connectivity index (χ4n) is 1.59. The fourth-order valence-corrected chi connectivity index (χ4v) is 2.45. The zero-order valence-electron chi connectivity index (χ0n) is 11.8. The summed E-state index contributed by atoms with van der Waals surface area (Å²) >= 11 is 1.54. The second-order valence-corrected chi connectivity index (χ2v) is 5.67. The molecule has 19 heavy (non-hydrogen) atoms. The van der Waals surface area contributed by atoms with Crippen molar-refractivity contribution in [3.8, 4) is 0 Å². The zero-order chi connectivity index (χ0) is 14.3. The van der Waals surface area contributed by atoms with E-state index in [2.05, 4.69) is 0 Å². The van der Waals surface area contributed by atoms with Crippen LogP contribution in [-0.4, -0.2) is 43.4 Å². The summed E-state index contributed by atoms with van der Waals surface area (Å²) in [6.07, 6.45) is -0.515. The van der Waals surface area contributed by atoms with Crippen LogP contribution in [0.5, 0.6) is 0 Å². The molecule has 108 valence electrons. The van der Waals surface area contributed by atoms with Crippen molar-refractivity contribution in [2.75, 3.05) is 31.8 Å². The van der Waals surface area contributed by atoms with Crippen molar-refractivity contribution in [3.05, 3.63) is 23.8 Å². The third kappa shape index (κ3) is 6.29. The predicted octanol–water partition coefficient (Wildman–Crippen LogP) is 2.08. The number of hydrogen-bond acceptors (Lipinski definition) is 5. The van der Waals surface area contributed by atoms with Crippen LogP contribution in [0.25, 0.3) is 0 Å². The van der Waals surface area contributed by atoms with Gasteiger partial charge in [-0.15, -0.1) is 11.8 Å². The molecule has 2 atom stereocenters. The van der Waals surface area contributed by atoms with E-state index in [9.17, 15) is 5.11 Å². The number of rotatable bonds is 8. The summed E-state index contributed by atoms with van der Waals surface area (Å²) in [7, 11) is 1.63. The van der Waals surface area contributed by atoms with Gasteiger partial charge in [-0.05, 0) is 31.5 Å². The van der Waals surface area contributed by atoms with E-state index in [-0.39, 0.29) is 6.10 Å². The molecule has 0 radical (unpaired) electrons. The molecule has 1 rings (SSSR count). The van der Waals surface area contributed by atoms with Gasteiger partial charge in [-0.1, -0.05) is 6.07 Å². The van der Waals surface area contributed by atoms with Crippen molar-refractivity contribution in [3.63, 3.8) is 0 Å². The van der Waals surface area contributed by atoms with Gasteiger partial charge in [0.25, 0.3) is 0 Å². The van der Waals surface area contributed by atoms with Crippen LogP contribution in [0.1, 0.15) is 12.5 Å². The number of aliphatic hydroxyl groups excluding tert-OH is 1. The van der Waals surface area contributed by atoms with Gasteiger partial charge in [0.1, 0.15) is 0 Å². The van der Waals surface area contributed by atoms with Gasteiger partial charge in [-0.2, -0.15) is 0 Å². The van der Waals surface area contributed by atoms with Crippen LogP contribution in [0.3, 0.4) is 0 Å². The molecule has 0 spiro atoms. The van der Waals surface area contributed by atoms with Crippen LogP contribution in [0.15, 0.2) is 23.1 Å². The van der Waals surface area contributed by atoms with Crippen molar-refractivity contribution >= 4 is 17.4 Å². The minimum atomic E-state index is -0.509. The summed E-state index contributed by atoms with van der Waals surface area (Å²) in [6, 6.07) is 5.94. The first-order valence-electron chi connectivity index (χ1n) is 6.30. The second-order valence-electron chi connectivity index (χ2n) is 4.61. The van der Waals surface area contributed by atoms with E-state index < -0.39 is 6.10 Å². The van der Waals surface area contributed by atoms with E-state index in [0.29, 0.717) is 19.0 Å². The van der Waals surface area contributed by atoms with Crippen LogP contribution >= 0.6 is 11.8 Å². The van der Waals surface area contributed by atoms with E-state index >= 15 is 0 Å². The first kappa shape index (κ1) is 16.3. The van der Waals surface area contributed by atoms with Crippen molar-refractivity contribution in [1.82, 2.24) is 0 Å². The zero-order valence-corrected chi connectivity index (χ0v) is 12.6. The number of anilines is 1. The third-order valence-corrected chi connectivity index (χ3v) is 3.81. The minimum absolute atomic E-state index is 0.00547. The maximum atomic E-state index is 9.85. The first-order chi connectivity index (χ1) is 9.02. The van der Waals surface area contributed by atoms with Crippen molar-refractivity contribution < 1.29 is 14.6 Å². The van der Waals surface area contributed by atoms with Gasteiger partial charge >= 0.3 is 0 Å². The van der Waals surface area contributed by atoms with Crippen molar-refractivity contribution in [2.45, 2.75) is 31.0 Å². The van der Waals surface area contributed by atoms with Gasteiger partial charge < -0.3 is 20.3 Å². The molecule has 0 aliphatic carbocycles. The van der Waals surface area contributed by atoms with E-state index in [0.717, 1.165) is 16.1 Å². The number of nitrogen functional groups attached to an aromatic ring is 1. The van der Waals surface area contributed by atoms with E-state index in [1.54, 1.807) is 18.9 Å². The number of methoxy groups -OCH3 is 1. The number of ether oxygens (including phenoxy) is 2. The molecular formula is C14H23NO3S. The van der Waals surface area contributed by atoms with Gasteiger partial charge in [0.05, 0.1) is 25.4 Å². The van der Waals surface area contributed by atoms with Gasteiger partial charge in [0.15, 0.2) is 0 Å². The predicted molar refractivity (Wildman–Crippen MR) is 79.6 cm³/mol. The number of hydrogen-bond donors (Lipinski definition) is 2. The highest BCUT2D eigenvalue weighted by Crippen LogP contribution is 2.26. The number of aryl methyl sites for hydroxylation is 1. The Hall–Kier alpha value is -0.750. The van der Waals surface area contributed by atoms with Crippen LogP contribution in [0.2, 0.25) is 0 Å². The molecule has 0 heterocycles. The second kappa shape index (κ2) is 8.43. The summed E-state index contributed by atoms with van der Waals surface area (Å²) in [5.74, 6) is 0.562. The Labute approximate surface area is 119 Å². The fraction of sp³-hybridized carbons (Fsp3) is 0.571. The summed E-state index contributed by atoms with van der Waals surface area (Å²) in [4.78, 5) is 0.995. The van der Waals surface area contributed by atoms with E-state index in [1.807, 2.05) is 32.0 Å². The van der Waals surface area contributed by atoms with E-state index in [1.165, 1.54) is 0 Å². The van der Waals surface area contributed by atoms with Crippen LogP contribution in [-0.2, 0) is 9.47 Å². The topological polar surface area (TPSA) is 64.7 Å². The average Bonchev–Trinajstić information content (AvgIpc) is 2.35. The van der Waals surface area contributed by atoms with Gasteiger partial charge in [0, 0.05) is 23.4 Å². The number of nitrogens with two attached hydrogens (primary N) is 1. The lowest BCUT2D eigenvalue weighted by Gasteiger charge is -2.16. The van der Waals surface area contributed by atoms with Gasteiger partial charge in [-0.25, -0.2) is 0 Å². The van der Waals surface area contributed by atoms with E-state index in [4.69, 9.17) is 15.2 Å². The molecule has 0 bridgehead atoms. The van der Waals surface area contributed by atoms with Gasteiger partial charge in [-0.3, -0.25) is 0 Å². The highest BCUT2D eigenvalue weighted by molar-refractivity contribution is 7.99. The van der Waals surface area contributed by atoms with Crippen molar-refractivity contribution in [2.24, 2.45) is 0 Å². The normalized spacial score (nSPS) is 14.3. The van der Waals surface area contributed by atoms with Gasteiger partial charge in [0.2, 0.25) is 0 Å². The number of aliphatic hydroxyl groups is 1. The Bertz CT molecular complexity index is 387. The Morgan fingerprint density at radius 3 is 2.74 bits per heavy atom. The van der Waals surface area contributed by atoms with Crippen LogP contribution in [0.4, 0.5) is 5.69 Å². The largest absolute Gasteiger partial charge is 0.398 e. The van der Waals surface area contributed by atoms with Crippen LogP contribution < -0.4 is 5.73 Å². The Morgan fingerprint density at radius 1 is 1.37 bits per heavy atom. The lowest BCUT2D eigenvalue weighted by Crippen LogP contribution is -2.24. The molecule has 0 fully saturated rings. The minimum Gasteiger partial charge on any atom is -0.398 e. The lowest BCUT2D eigenvalue weighted by atomic mass is 10.2. The highest BCUT2D eigenvalue weighted by atomic mass is 32.2. The molecule has 0 aliphatic heterocycles. The Morgan fingerprint density at radius 2 is 2.11 bits per heavy atom. The molecule has 2 unspecified atom stereocenters. The monoisotopic (exact) mass is 285 g/mol. The number of benzene rings is 1. The molecule has 0 saturated carbocycles. The summed E-state index contributed by atoms with van der Waals surface area (Å²) < 4.78 is 10.4. The standard InChI is InChI=1S/C14H23NO3S/c1-10-4-5-14(13(15)6-10)19-9-12(16)8-18-11(2)7-17-3/h4-6,11-12,16H,7-9,15H2,1-3H3. The molecule has 3 N–H and O–H groups in total. The molecule has 0 saturated heterocycles. The molecule has 0 aliphatic rings. The van der Waals surface area contributed by atoms with Crippen molar-refractivity contribution in [1.29, 1.82) is 0 Å². The summed E-state index contributed by atoms with van der Waals surface area (Å²) in [5, 5.41) is 9.85. The smallest absolute Gasteiger partial charge is 0.0867 e. The Kier molecular flexibility index (Phi) is 7.23. The highest BCUT2D eigenvalue weighted by Gasteiger charge is 2.10. The molecule has 0 amide bonds. The molecule has 4 nitrogen and oxygen atoms in total. The molecular weight excluding hydrogens is 262 g/mol. The maximum absolute atomic E-state index is 9.85.